The number of para-hydroxylation sites is 1. The van der Waals surface area contributed by atoms with Crippen molar-refractivity contribution in [1.29, 1.82) is 0 Å². The third kappa shape index (κ3) is 4.29. The van der Waals surface area contributed by atoms with Gasteiger partial charge in [0.1, 0.15) is 18.3 Å². The van der Waals surface area contributed by atoms with Gasteiger partial charge in [-0.1, -0.05) is 18.2 Å². The van der Waals surface area contributed by atoms with Gasteiger partial charge in [-0.3, -0.25) is 4.79 Å². The van der Waals surface area contributed by atoms with Gasteiger partial charge in [-0.05, 0) is 36.8 Å². The summed E-state index contributed by atoms with van der Waals surface area (Å²) in [5.74, 6) is -0.189. The standard InChI is InChI=1S/C26H29FN4O5S/c27-20-15-30(16-25(20)32)23-6-5-18(14-19(23)22-13-17-3-1-2-4-21(17)28-22)37(34,35)31-8-7-24(31)26(33)29-9-11-36-12-10-29/h1-6,13-14,20,24-25,28,32H,7-12,15-16H2/t20-,24+,25+/m1/s1. The molecule has 2 N–H and O–H groups in total. The van der Waals surface area contributed by atoms with E-state index in [1.807, 2.05) is 30.3 Å². The molecule has 3 aliphatic rings. The highest BCUT2D eigenvalue weighted by Gasteiger charge is 2.45. The summed E-state index contributed by atoms with van der Waals surface area (Å²) in [6.07, 6.45) is -2.01. The number of ether oxygens (including phenoxy) is 1. The number of anilines is 1. The van der Waals surface area contributed by atoms with Crippen LogP contribution in [-0.4, -0.2) is 97.9 Å². The van der Waals surface area contributed by atoms with E-state index >= 15 is 0 Å². The lowest BCUT2D eigenvalue weighted by molar-refractivity contribution is -0.142. The number of nitrogens with one attached hydrogen (secondary N) is 1. The largest absolute Gasteiger partial charge is 0.388 e. The molecule has 2 aromatic carbocycles. The van der Waals surface area contributed by atoms with Gasteiger partial charge >= 0.3 is 0 Å². The van der Waals surface area contributed by atoms with Crippen molar-refractivity contribution in [2.24, 2.45) is 0 Å². The molecule has 4 heterocycles. The third-order valence-electron chi connectivity index (χ3n) is 7.53. The van der Waals surface area contributed by atoms with E-state index in [4.69, 9.17) is 4.74 Å². The molecule has 3 aliphatic heterocycles. The molecule has 9 nitrogen and oxygen atoms in total. The van der Waals surface area contributed by atoms with E-state index in [0.29, 0.717) is 49.7 Å². The summed E-state index contributed by atoms with van der Waals surface area (Å²) in [7, 11) is -3.96. The second kappa shape index (κ2) is 9.39. The molecule has 3 atom stereocenters. The number of morpholine rings is 1. The number of fused-ring (bicyclic) bond motifs is 1. The molecule has 196 valence electrons. The van der Waals surface area contributed by atoms with Gasteiger partial charge in [0.15, 0.2) is 0 Å². The van der Waals surface area contributed by atoms with Crippen LogP contribution >= 0.6 is 0 Å². The van der Waals surface area contributed by atoms with Gasteiger partial charge < -0.3 is 24.6 Å². The minimum absolute atomic E-state index is 0.0166. The minimum Gasteiger partial charge on any atom is -0.388 e. The van der Waals surface area contributed by atoms with E-state index in [-0.39, 0.29) is 30.4 Å². The zero-order chi connectivity index (χ0) is 25.7. The van der Waals surface area contributed by atoms with E-state index in [1.54, 1.807) is 21.9 Å². The van der Waals surface area contributed by atoms with Crippen molar-refractivity contribution in [3.63, 3.8) is 0 Å². The van der Waals surface area contributed by atoms with Crippen molar-refractivity contribution >= 4 is 32.5 Å². The number of hydrogen-bond acceptors (Lipinski definition) is 6. The maximum absolute atomic E-state index is 14.2. The second-order valence-corrected chi connectivity index (χ2v) is 11.7. The highest BCUT2D eigenvalue weighted by molar-refractivity contribution is 7.89. The van der Waals surface area contributed by atoms with Crippen molar-refractivity contribution < 1.29 is 27.4 Å². The Kier molecular flexibility index (Phi) is 6.18. The van der Waals surface area contributed by atoms with Crippen LogP contribution in [0.1, 0.15) is 6.42 Å². The smallest absolute Gasteiger partial charge is 0.243 e. The first-order valence-electron chi connectivity index (χ1n) is 12.5. The van der Waals surface area contributed by atoms with Crippen LogP contribution in [0.4, 0.5) is 10.1 Å². The summed E-state index contributed by atoms with van der Waals surface area (Å²) >= 11 is 0. The maximum Gasteiger partial charge on any atom is 0.243 e. The maximum atomic E-state index is 14.2. The Morgan fingerprint density at radius 3 is 2.51 bits per heavy atom. The molecule has 0 radical (unpaired) electrons. The number of H-pyrrole nitrogens is 1. The quantitative estimate of drug-likeness (QED) is 0.525. The SMILES string of the molecule is O=C([C@@H]1CCN1S(=O)(=O)c1ccc(N2C[C@@H](F)[C@@H](O)C2)c(-c2cc3ccccc3[nH]2)c1)N1CCOCC1. The van der Waals surface area contributed by atoms with Gasteiger partial charge in [-0.2, -0.15) is 4.31 Å². The second-order valence-electron chi connectivity index (χ2n) is 9.80. The van der Waals surface area contributed by atoms with E-state index < -0.39 is 28.3 Å². The summed E-state index contributed by atoms with van der Waals surface area (Å²) in [6.45, 7) is 2.22. The van der Waals surface area contributed by atoms with Gasteiger partial charge in [0.05, 0.1) is 24.7 Å². The Hall–Kier alpha value is -2.99. The van der Waals surface area contributed by atoms with Crippen molar-refractivity contribution in [3.8, 4) is 11.3 Å². The van der Waals surface area contributed by atoms with Crippen molar-refractivity contribution in [1.82, 2.24) is 14.2 Å². The number of nitrogens with zero attached hydrogens (tertiary/aromatic N) is 3. The van der Waals surface area contributed by atoms with Crippen molar-refractivity contribution in [3.05, 3.63) is 48.5 Å². The summed E-state index contributed by atoms with van der Waals surface area (Å²) in [5.41, 5.74) is 2.81. The first kappa shape index (κ1) is 24.4. The monoisotopic (exact) mass is 528 g/mol. The van der Waals surface area contributed by atoms with Gasteiger partial charge in [0, 0.05) is 54.0 Å². The van der Waals surface area contributed by atoms with Crippen molar-refractivity contribution in [2.75, 3.05) is 50.8 Å². The summed E-state index contributed by atoms with van der Waals surface area (Å²) in [4.78, 5) is 19.9. The van der Waals surface area contributed by atoms with E-state index in [2.05, 4.69) is 4.98 Å². The fourth-order valence-corrected chi connectivity index (χ4v) is 7.01. The van der Waals surface area contributed by atoms with Gasteiger partial charge in [0.25, 0.3) is 0 Å². The number of β-amino-alcohol motifs (C(OH)–C–C–N with tert-alkyl or cyclic N) is 1. The lowest BCUT2D eigenvalue weighted by Gasteiger charge is -2.41. The van der Waals surface area contributed by atoms with Crippen LogP contribution in [0.25, 0.3) is 22.2 Å². The number of carbonyl (C=O) groups is 1. The fourth-order valence-electron chi connectivity index (χ4n) is 5.36. The molecule has 1 aromatic heterocycles. The van der Waals surface area contributed by atoms with Crippen molar-refractivity contribution in [2.45, 2.75) is 29.6 Å². The number of benzene rings is 2. The number of aromatic amines is 1. The number of hydrogen-bond donors (Lipinski definition) is 2. The molecule has 0 saturated carbocycles. The summed E-state index contributed by atoms with van der Waals surface area (Å²) < 4.78 is 48.2. The lowest BCUT2D eigenvalue weighted by Crippen LogP contribution is -2.60. The highest BCUT2D eigenvalue weighted by atomic mass is 32.2. The highest BCUT2D eigenvalue weighted by Crippen LogP contribution is 2.38. The molecular formula is C26H29FN4O5S. The molecular weight excluding hydrogens is 499 g/mol. The summed E-state index contributed by atoms with van der Waals surface area (Å²) in [5, 5.41) is 11.0. The normalized spacial score (nSPS) is 25.0. The number of aliphatic hydroxyl groups excluding tert-OH is 1. The molecule has 0 spiro atoms. The number of carbonyl (C=O) groups excluding carboxylic acids is 1. The molecule has 37 heavy (non-hydrogen) atoms. The topological polar surface area (TPSA) is 106 Å². The molecule has 3 saturated heterocycles. The van der Waals surface area contributed by atoms with Gasteiger partial charge in [-0.25, -0.2) is 12.8 Å². The third-order valence-corrected chi connectivity index (χ3v) is 9.44. The predicted octanol–water partition coefficient (Wildman–Crippen LogP) is 1.98. The van der Waals surface area contributed by atoms with Crippen LogP contribution in [0, 0.1) is 0 Å². The van der Waals surface area contributed by atoms with E-state index in [9.17, 15) is 22.7 Å². The minimum atomic E-state index is -3.96. The van der Waals surface area contributed by atoms with Crippen LogP contribution in [-0.2, 0) is 19.6 Å². The zero-order valence-electron chi connectivity index (χ0n) is 20.2. The zero-order valence-corrected chi connectivity index (χ0v) is 21.0. The van der Waals surface area contributed by atoms with Gasteiger partial charge in [0.2, 0.25) is 15.9 Å². The number of aliphatic hydroxyl groups is 1. The van der Waals surface area contributed by atoms with E-state index in [0.717, 1.165) is 10.9 Å². The van der Waals surface area contributed by atoms with Crippen LogP contribution in [0.3, 0.4) is 0 Å². The molecule has 6 rings (SSSR count). The average molecular weight is 529 g/mol. The Morgan fingerprint density at radius 1 is 1.05 bits per heavy atom. The molecule has 0 bridgehead atoms. The summed E-state index contributed by atoms with van der Waals surface area (Å²) in [6, 6.07) is 13.7. The first-order chi connectivity index (χ1) is 17.8. The first-order valence-corrected chi connectivity index (χ1v) is 13.9. The molecule has 0 aliphatic carbocycles. The van der Waals surface area contributed by atoms with Crippen LogP contribution in [0.2, 0.25) is 0 Å². The average Bonchev–Trinajstić information content (AvgIpc) is 3.46. The number of sulfonamides is 1. The number of amides is 1. The molecule has 3 aromatic rings. The molecule has 1 amide bonds. The number of aromatic nitrogens is 1. The lowest BCUT2D eigenvalue weighted by atomic mass is 10.1. The van der Waals surface area contributed by atoms with Gasteiger partial charge in [-0.15, -0.1) is 0 Å². The fraction of sp³-hybridized carbons (Fsp3) is 0.423. The Morgan fingerprint density at radius 2 is 1.84 bits per heavy atom. The van der Waals surface area contributed by atoms with E-state index in [1.165, 1.54) is 10.4 Å². The van der Waals surface area contributed by atoms with Crippen LogP contribution in [0.15, 0.2) is 53.4 Å². The number of halogens is 1. The van der Waals surface area contributed by atoms with Crippen LogP contribution in [0.5, 0.6) is 0 Å². The predicted molar refractivity (Wildman–Crippen MR) is 137 cm³/mol. The van der Waals surface area contributed by atoms with Crippen LogP contribution < -0.4 is 4.90 Å². The Labute approximate surface area is 214 Å². The Bertz CT molecular complexity index is 1390. The molecule has 3 fully saturated rings. The molecule has 0 unspecified atom stereocenters. The number of rotatable bonds is 5. The molecule has 11 heteroatoms. The Balaban J connectivity index is 1.37. The number of alkyl halides is 1.